The van der Waals surface area contributed by atoms with Gasteiger partial charge in [0, 0.05) is 18.0 Å². The van der Waals surface area contributed by atoms with Crippen molar-refractivity contribution in [3.05, 3.63) is 57.8 Å². The Labute approximate surface area is 142 Å². The Bertz CT molecular complexity index is 576. The van der Waals surface area contributed by atoms with E-state index in [-0.39, 0.29) is 6.04 Å². The Morgan fingerprint density at radius 1 is 1.23 bits per heavy atom. The molecule has 3 nitrogen and oxygen atoms in total. The van der Waals surface area contributed by atoms with Gasteiger partial charge in [-0.3, -0.25) is 0 Å². The van der Waals surface area contributed by atoms with Gasteiger partial charge in [-0.25, -0.2) is 0 Å². The fourth-order valence-corrected chi connectivity index (χ4v) is 3.13. The second-order valence-electron chi connectivity index (χ2n) is 5.56. The molecule has 0 amide bonds. The quantitative estimate of drug-likeness (QED) is 0.794. The number of thiophene rings is 1. The van der Waals surface area contributed by atoms with Gasteiger partial charge in [-0.1, -0.05) is 35.9 Å². The first-order chi connectivity index (χ1) is 10.6. The monoisotopic (exact) mass is 333 g/mol. The molecular weight excluding hydrogens is 310 g/mol. The number of nitrogens with zero attached hydrogens (tertiary/aromatic N) is 1. The lowest BCUT2D eigenvalue weighted by molar-refractivity contribution is 0.412. The fourth-order valence-electron chi connectivity index (χ4n) is 2.11. The van der Waals surface area contributed by atoms with Gasteiger partial charge in [-0.2, -0.15) is 0 Å². The number of hydrogen-bond acceptors (Lipinski definition) is 3. The molecule has 0 fully saturated rings. The maximum absolute atomic E-state index is 5.45. The second-order valence-corrected chi connectivity index (χ2v) is 6.95. The van der Waals surface area contributed by atoms with Crippen molar-refractivity contribution >= 4 is 28.7 Å². The van der Waals surface area contributed by atoms with Gasteiger partial charge in [0.15, 0.2) is 5.11 Å². The van der Waals surface area contributed by atoms with Crippen LogP contribution in [0.15, 0.2) is 41.8 Å². The molecule has 0 aliphatic heterocycles. The van der Waals surface area contributed by atoms with Crippen molar-refractivity contribution in [1.82, 2.24) is 15.5 Å². The summed E-state index contributed by atoms with van der Waals surface area (Å²) in [7, 11) is 4.11. The largest absolute Gasteiger partial charge is 0.361 e. The van der Waals surface area contributed by atoms with Crippen molar-refractivity contribution in [3.63, 3.8) is 0 Å². The summed E-state index contributed by atoms with van der Waals surface area (Å²) in [5.74, 6) is 0. The molecule has 5 heteroatoms. The predicted octanol–water partition coefficient (Wildman–Crippen LogP) is 3.17. The highest BCUT2D eigenvalue weighted by Gasteiger charge is 2.16. The van der Waals surface area contributed by atoms with Crippen LogP contribution in [-0.2, 0) is 0 Å². The highest BCUT2D eigenvalue weighted by molar-refractivity contribution is 7.80. The summed E-state index contributed by atoms with van der Waals surface area (Å²) in [4.78, 5) is 3.40. The van der Waals surface area contributed by atoms with E-state index >= 15 is 0 Å². The van der Waals surface area contributed by atoms with E-state index < -0.39 is 0 Å². The molecule has 118 valence electrons. The van der Waals surface area contributed by atoms with Crippen LogP contribution in [0.1, 0.15) is 22.0 Å². The number of likely N-dealkylation sites (N-methyl/N-ethyl adjacent to an activating group) is 1. The Morgan fingerprint density at radius 2 is 1.95 bits per heavy atom. The number of benzene rings is 1. The maximum atomic E-state index is 5.45. The van der Waals surface area contributed by atoms with Gasteiger partial charge in [0.2, 0.25) is 0 Å². The molecule has 0 spiro atoms. The lowest BCUT2D eigenvalue weighted by atomic mass is 10.0. The van der Waals surface area contributed by atoms with Crippen LogP contribution in [0.2, 0.25) is 0 Å². The number of thiocarbonyl (C=S) groups is 1. The standard InChI is InChI=1S/C17H23N3S2/c1-13-6-8-14(9-7-13)16(15-5-4-12-22-15)19-17(21)18-10-11-20(2)3/h4-9,12,16H,10-11H2,1-3H3,(H2,18,19,21)/t16-/m1/s1. The first-order valence-corrected chi connectivity index (χ1v) is 8.64. The fraction of sp³-hybridized carbons (Fsp3) is 0.353. The van der Waals surface area contributed by atoms with Crippen molar-refractivity contribution in [1.29, 1.82) is 0 Å². The van der Waals surface area contributed by atoms with Crippen LogP contribution in [0.3, 0.4) is 0 Å². The van der Waals surface area contributed by atoms with Crippen LogP contribution in [0.4, 0.5) is 0 Å². The van der Waals surface area contributed by atoms with E-state index in [1.54, 1.807) is 11.3 Å². The highest BCUT2D eigenvalue weighted by atomic mass is 32.1. The number of hydrogen-bond donors (Lipinski definition) is 2. The molecule has 0 radical (unpaired) electrons. The second kappa shape index (κ2) is 8.27. The average Bonchev–Trinajstić information content (AvgIpc) is 2.99. The van der Waals surface area contributed by atoms with Crippen molar-refractivity contribution in [2.45, 2.75) is 13.0 Å². The van der Waals surface area contributed by atoms with E-state index in [9.17, 15) is 0 Å². The van der Waals surface area contributed by atoms with E-state index in [4.69, 9.17) is 12.2 Å². The van der Waals surface area contributed by atoms with Gasteiger partial charge in [0.1, 0.15) is 0 Å². The molecule has 1 heterocycles. The third kappa shape index (κ3) is 5.09. The third-order valence-electron chi connectivity index (χ3n) is 3.36. The molecular formula is C17H23N3S2. The summed E-state index contributed by atoms with van der Waals surface area (Å²) in [6.07, 6.45) is 0. The molecule has 0 unspecified atom stereocenters. The Kier molecular flexibility index (Phi) is 6.36. The maximum Gasteiger partial charge on any atom is 0.167 e. The first kappa shape index (κ1) is 16.9. The van der Waals surface area contributed by atoms with Crippen LogP contribution in [-0.4, -0.2) is 37.2 Å². The summed E-state index contributed by atoms with van der Waals surface area (Å²) in [5, 5.41) is 9.51. The zero-order valence-corrected chi connectivity index (χ0v) is 14.9. The summed E-state index contributed by atoms with van der Waals surface area (Å²) >= 11 is 7.19. The lowest BCUT2D eigenvalue weighted by Crippen LogP contribution is -2.40. The molecule has 0 saturated carbocycles. The topological polar surface area (TPSA) is 27.3 Å². The molecule has 0 bridgehead atoms. The molecule has 1 aromatic heterocycles. The van der Waals surface area contributed by atoms with Crippen molar-refractivity contribution in [3.8, 4) is 0 Å². The molecule has 1 atom stereocenters. The molecule has 0 aliphatic carbocycles. The van der Waals surface area contributed by atoms with Crippen LogP contribution in [0.25, 0.3) is 0 Å². The molecule has 0 saturated heterocycles. The van der Waals surface area contributed by atoms with E-state index in [0.717, 1.165) is 13.1 Å². The van der Waals surface area contributed by atoms with Crippen LogP contribution < -0.4 is 10.6 Å². The number of rotatable bonds is 6. The summed E-state index contributed by atoms with van der Waals surface area (Å²) in [6, 6.07) is 12.9. The third-order valence-corrected chi connectivity index (χ3v) is 4.56. The molecule has 22 heavy (non-hydrogen) atoms. The van der Waals surface area contributed by atoms with E-state index in [0.29, 0.717) is 5.11 Å². The minimum absolute atomic E-state index is 0.0972. The molecule has 2 aromatic rings. The summed E-state index contributed by atoms with van der Waals surface area (Å²) in [5.41, 5.74) is 2.49. The van der Waals surface area contributed by atoms with Gasteiger partial charge >= 0.3 is 0 Å². The Hall–Kier alpha value is -1.43. The lowest BCUT2D eigenvalue weighted by Gasteiger charge is -2.21. The number of aryl methyl sites for hydroxylation is 1. The van der Waals surface area contributed by atoms with Gasteiger partial charge in [-0.05, 0) is 50.2 Å². The zero-order chi connectivity index (χ0) is 15.9. The van der Waals surface area contributed by atoms with Gasteiger partial charge in [0.05, 0.1) is 6.04 Å². The van der Waals surface area contributed by atoms with Crippen LogP contribution in [0, 0.1) is 6.92 Å². The molecule has 2 N–H and O–H groups in total. The van der Waals surface area contributed by atoms with E-state index in [1.807, 2.05) is 0 Å². The van der Waals surface area contributed by atoms with Crippen molar-refractivity contribution in [2.75, 3.05) is 27.2 Å². The van der Waals surface area contributed by atoms with E-state index in [1.165, 1.54) is 16.0 Å². The zero-order valence-electron chi connectivity index (χ0n) is 13.3. The minimum atomic E-state index is 0.0972. The molecule has 2 rings (SSSR count). The van der Waals surface area contributed by atoms with Gasteiger partial charge < -0.3 is 15.5 Å². The van der Waals surface area contributed by atoms with E-state index in [2.05, 4.69) is 78.3 Å². The van der Waals surface area contributed by atoms with Crippen LogP contribution in [0.5, 0.6) is 0 Å². The smallest absolute Gasteiger partial charge is 0.167 e. The van der Waals surface area contributed by atoms with Crippen LogP contribution >= 0.6 is 23.6 Å². The predicted molar refractivity (Wildman–Crippen MR) is 99.6 cm³/mol. The van der Waals surface area contributed by atoms with Crippen molar-refractivity contribution in [2.24, 2.45) is 0 Å². The number of nitrogens with one attached hydrogen (secondary N) is 2. The van der Waals surface area contributed by atoms with Gasteiger partial charge in [0.25, 0.3) is 0 Å². The Morgan fingerprint density at radius 3 is 2.55 bits per heavy atom. The minimum Gasteiger partial charge on any atom is -0.361 e. The highest BCUT2D eigenvalue weighted by Crippen LogP contribution is 2.26. The first-order valence-electron chi connectivity index (χ1n) is 7.35. The molecule has 1 aromatic carbocycles. The summed E-state index contributed by atoms with van der Waals surface area (Å²) < 4.78 is 0. The Balaban J connectivity index is 2.06. The van der Waals surface area contributed by atoms with Crippen molar-refractivity contribution < 1.29 is 0 Å². The SMILES string of the molecule is Cc1ccc([C@@H](NC(=S)NCCN(C)C)c2cccs2)cc1. The summed E-state index contributed by atoms with van der Waals surface area (Å²) in [6.45, 7) is 3.89. The average molecular weight is 334 g/mol. The normalized spacial score (nSPS) is 12.2. The van der Waals surface area contributed by atoms with Gasteiger partial charge in [-0.15, -0.1) is 11.3 Å². The molecule has 0 aliphatic rings.